The number of carboxylic acid groups (broad SMARTS) is 1. The maximum atomic E-state index is 11.8. The molecule has 1 aromatic rings. The summed E-state index contributed by atoms with van der Waals surface area (Å²) >= 11 is 0. The van der Waals surface area contributed by atoms with Gasteiger partial charge in [-0.3, -0.25) is 14.4 Å². The Morgan fingerprint density at radius 1 is 1.11 bits per heavy atom. The average Bonchev–Trinajstić information content (AvgIpc) is 2.28. The molecule has 0 bridgehead atoms. The first kappa shape index (κ1) is 14.7. The second kappa shape index (κ2) is 5.51. The minimum atomic E-state index is -1.52. The van der Waals surface area contributed by atoms with Crippen LogP contribution in [0.4, 0.5) is 11.4 Å². The van der Waals surface area contributed by atoms with E-state index in [0.717, 1.165) is 0 Å². The van der Waals surface area contributed by atoms with Gasteiger partial charge in [0.05, 0.1) is 0 Å². The number of hydrogen-bond acceptors (Lipinski definition) is 3. The van der Waals surface area contributed by atoms with E-state index >= 15 is 0 Å². The van der Waals surface area contributed by atoms with Crippen molar-refractivity contribution >= 4 is 29.2 Å². The maximum Gasteiger partial charge on any atom is 0.318 e. The van der Waals surface area contributed by atoms with E-state index < -0.39 is 17.3 Å². The minimum Gasteiger partial charge on any atom is -0.480 e. The Hall–Kier alpha value is -2.37. The number of benzene rings is 1. The first-order valence-corrected chi connectivity index (χ1v) is 5.66. The maximum absolute atomic E-state index is 11.8. The van der Waals surface area contributed by atoms with Crippen molar-refractivity contribution in [2.45, 2.75) is 20.8 Å². The number of carbonyl (C=O) groups excluding carboxylic acids is 2. The van der Waals surface area contributed by atoms with Crippen LogP contribution in [-0.4, -0.2) is 22.9 Å². The molecule has 102 valence electrons. The number of nitrogens with one attached hydrogen (secondary N) is 2. The van der Waals surface area contributed by atoms with Crippen molar-refractivity contribution in [1.29, 1.82) is 0 Å². The van der Waals surface area contributed by atoms with Gasteiger partial charge in [-0.05, 0) is 32.0 Å². The van der Waals surface area contributed by atoms with Gasteiger partial charge in [0.1, 0.15) is 5.41 Å². The van der Waals surface area contributed by atoms with Gasteiger partial charge in [-0.1, -0.05) is 6.07 Å². The van der Waals surface area contributed by atoms with Crippen LogP contribution in [0.15, 0.2) is 24.3 Å². The number of hydrogen-bond donors (Lipinski definition) is 3. The lowest BCUT2D eigenvalue weighted by Crippen LogP contribution is -2.37. The van der Waals surface area contributed by atoms with Crippen LogP contribution in [-0.2, 0) is 14.4 Å². The standard InChI is InChI=1S/C13H16N2O4/c1-8(16)14-9-5-4-6-10(7-9)15-11(17)13(2,3)12(18)19/h4-7H,1-3H3,(H,14,16)(H,15,17)(H,18,19). The van der Waals surface area contributed by atoms with Crippen molar-refractivity contribution in [2.24, 2.45) is 5.41 Å². The molecule has 2 amide bonds. The monoisotopic (exact) mass is 264 g/mol. The highest BCUT2D eigenvalue weighted by molar-refractivity contribution is 6.07. The SMILES string of the molecule is CC(=O)Nc1cccc(NC(=O)C(C)(C)C(=O)O)c1. The first-order chi connectivity index (χ1) is 8.73. The molecular formula is C13H16N2O4. The van der Waals surface area contributed by atoms with Gasteiger partial charge in [-0.25, -0.2) is 0 Å². The zero-order chi connectivity index (χ0) is 14.6. The smallest absolute Gasteiger partial charge is 0.318 e. The molecule has 0 spiro atoms. The van der Waals surface area contributed by atoms with Gasteiger partial charge in [0.15, 0.2) is 0 Å². The lowest BCUT2D eigenvalue weighted by atomic mass is 9.92. The number of anilines is 2. The van der Waals surface area contributed by atoms with E-state index in [9.17, 15) is 14.4 Å². The molecule has 6 heteroatoms. The summed E-state index contributed by atoms with van der Waals surface area (Å²) in [5.41, 5.74) is -0.576. The Morgan fingerprint density at radius 3 is 2.11 bits per heavy atom. The van der Waals surface area contributed by atoms with Crippen LogP contribution in [0.25, 0.3) is 0 Å². The van der Waals surface area contributed by atoms with E-state index in [0.29, 0.717) is 11.4 Å². The highest BCUT2D eigenvalue weighted by Gasteiger charge is 2.35. The molecule has 0 saturated heterocycles. The third-order valence-corrected chi connectivity index (χ3v) is 2.54. The number of rotatable bonds is 4. The van der Waals surface area contributed by atoms with Gasteiger partial charge in [-0.15, -0.1) is 0 Å². The van der Waals surface area contributed by atoms with Crippen LogP contribution >= 0.6 is 0 Å². The average molecular weight is 264 g/mol. The Balaban J connectivity index is 2.86. The Labute approximate surface area is 110 Å². The predicted octanol–water partition coefficient (Wildman–Crippen LogP) is 1.69. The Bertz CT molecular complexity index is 523. The van der Waals surface area contributed by atoms with Gasteiger partial charge < -0.3 is 15.7 Å². The molecule has 0 unspecified atom stereocenters. The summed E-state index contributed by atoms with van der Waals surface area (Å²) in [7, 11) is 0. The van der Waals surface area contributed by atoms with Gasteiger partial charge in [0, 0.05) is 18.3 Å². The van der Waals surface area contributed by atoms with Crippen LogP contribution in [0.1, 0.15) is 20.8 Å². The van der Waals surface area contributed by atoms with Crippen LogP contribution < -0.4 is 10.6 Å². The van der Waals surface area contributed by atoms with Crippen LogP contribution in [0, 0.1) is 5.41 Å². The van der Waals surface area contributed by atoms with Gasteiger partial charge >= 0.3 is 5.97 Å². The first-order valence-electron chi connectivity index (χ1n) is 5.66. The summed E-state index contributed by atoms with van der Waals surface area (Å²) in [5.74, 6) is -2.06. The molecule has 0 aliphatic heterocycles. The lowest BCUT2D eigenvalue weighted by Gasteiger charge is -2.18. The van der Waals surface area contributed by atoms with E-state index in [2.05, 4.69) is 10.6 Å². The van der Waals surface area contributed by atoms with Crippen LogP contribution in [0.5, 0.6) is 0 Å². The summed E-state index contributed by atoms with van der Waals surface area (Å²) in [6, 6.07) is 6.48. The van der Waals surface area contributed by atoms with Crippen molar-refractivity contribution < 1.29 is 19.5 Å². The second-order valence-electron chi connectivity index (χ2n) is 4.65. The van der Waals surface area contributed by atoms with Crippen molar-refractivity contribution in [3.8, 4) is 0 Å². The topological polar surface area (TPSA) is 95.5 Å². The van der Waals surface area contributed by atoms with Crippen LogP contribution in [0.3, 0.4) is 0 Å². The molecule has 0 aliphatic rings. The predicted molar refractivity (Wildman–Crippen MR) is 70.8 cm³/mol. The molecule has 0 aliphatic carbocycles. The third-order valence-electron chi connectivity index (χ3n) is 2.54. The molecule has 0 heterocycles. The normalized spacial score (nSPS) is 10.7. The molecule has 6 nitrogen and oxygen atoms in total. The molecule has 0 fully saturated rings. The van der Waals surface area contributed by atoms with E-state index in [4.69, 9.17) is 5.11 Å². The minimum absolute atomic E-state index is 0.227. The fourth-order valence-corrected chi connectivity index (χ4v) is 1.26. The van der Waals surface area contributed by atoms with Gasteiger partial charge in [0.2, 0.25) is 11.8 Å². The molecule has 3 N–H and O–H groups in total. The Morgan fingerprint density at radius 2 is 1.63 bits per heavy atom. The van der Waals surface area contributed by atoms with Crippen molar-refractivity contribution in [3.63, 3.8) is 0 Å². The zero-order valence-electron chi connectivity index (χ0n) is 11.0. The summed E-state index contributed by atoms with van der Waals surface area (Å²) < 4.78 is 0. The third kappa shape index (κ3) is 3.80. The Kier molecular flexibility index (Phi) is 4.26. The summed E-state index contributed by atoms with van der Waals surface area (Å²) in [6.45, 7) is 4.02. The number of carboxylic acids is 1. The zero-order valence-corrected chi connectivity index (χ0v) is 11.0. The van der Waals surface area contributed by atoms with E-state index in [-0.39, 0.29) is 5.91 Å². The number of carbonyl (C=O) groups is 3. The molecule has 0 saturated carbocycles. The summed E-state index contributed by atoms with van der Waals surface area (Å²) in [6.07, 6.45) is 0. The number of amides is 2. The molecule has 0 atom stereocenters. The lowest BCUT2D eigenvalue weighted by molar-refractivity contribution is -0.151. The van der Waals surface area contributed by atoms with Crippen molar-refractivity contribution in [2.75, 3.05) is 10.6 Å². The second-order valence-corrected chi connectivity index (χ2v) is 4.65. The quantitative estimate of drug-likeness (QED) is 0.721. The molecular weight excluding hydrogens is 248 g/mol. The van der Waals surface area contributed by atoms with E-state index in [1.165, 1.54) is 20.8 Å². The fourth-order valence-electron chi connectivity index (χ4n) is 1.26. The van der Waals surface area contributed by atoms with Crippen LogP contribution in [0.2, 0.25) is 0 Å². The van der Waals surface area contributed by atoms with Crippen molar-refractivity contribution in [1.82, 2.24) is 0 Å². The molecule has 0 radical (unpaired) electrons. The van der Waals surface area contributed by atoms with E-state index in [1.54, 1.807) is 24.3 Å². The molecule has 1 rings (SSSR count). The molecule has 0 aromatic heterocycles. The van der Waals surface area contributed by atoms with Crippen molar-refractivity contribution in [3.05, 3.63) is 24.3 Å². The number of aliphatic carboxylic acids is 1. The highest BCUT2D eigenvalue weighted by Crippen LogP contribution is 2.20. The highest BCUT2D eigenvalue weighted by atomic mass is 16.4. The molecule has 19 heavy (non-hydrogen) atoms. The van der Waals surface area contributed by atoms with E-state index in [1.807, 2.05) is 0 Å². The fraction of sp³-hybridized carbons (Fsp3) is 0.308. The largest absolute Gasteiger partial charge is 0.480 e. The van der Waals surface area contributed by atoms with Gasteiger partial charge in [-0.2, -0.15) is 0 Å². The molecule has 1 aromatic carbocycles. The van der Waals surface area contributed by atoms with Gasteiger partial charge in [0.25, 0.3) is 0 Å². The summed E-state index contributed by atoms with van der Waals surface area (Å²) in [4.78, 5) is 33.7. The summed E-state index contributed by atoms with van der Waals surface area (Å²) in [5, 5.41) is 14.0.